The van der Waals surface area contributed by atoms with Crippen LogP contribution >= 0.6 is 11.3 Å². The van der Waals surface area contributed by atoms with Gasteiger partial charge in [-0.1, -0.05) is 12.8 Å². The molecule has 16 heavy (non-hydrogen) atoms. The van der Waals surface area contributed by atoms with Crippen molar-refractivity contribution in [3.8, 4) is 0 Å². The van der Waals surface area contributed by atoms with Crippen LogP contribution in [-0.2, 0) is 0 Å². The molecule has 1 aliphatic rings. The summed E-state index contributed by atoms with van der Waals surface area (Å²) in [4.78, 5) is 5.72. The smallest absolute Gasteiger partial charge is 0.183 e. The molecule has 1 aromatic heterocycles. The quantitative estimate of drug-likeness (QED) is 0.854. The zero-order valence-electron chi connectivity index (χ0n) is 9.99. The van der Waals surface area contributed by atoms with Gasteiger partial charge in [0.2, 0.25) is 0 Å². The highest BCUT2D eigenvalue weighted by Crippen LogP contribution is 2.26. The van der Waals surface area contributed by atoms with E-state index < -0.39 is 0 Å². The van der Waals surface area contributed by atoms with Crippen LogP contribution < -0.4 is 5.32 Å². The highest BCUT2D eigenvalue weighted by molar-refractivity contribution is 7.15. The molecule has 4 heteroatoms. The third kappa shape index (κ3) is 2.74. The molecule has 0 spiro atoms. The van der Waals surface area contributed by atoms with Gasteiger partial charge in [-0.15, -0.1) is 11.3 Å². The molecule has 1 saturated carbocycles. The van der Waals surface area contributed by atoms with Gasteiger partial charge in [0.05, 0.1) is 11.8 Å². The van der Waals surface area contributed by atoms with Crippen LogP contribution in [0, 0.1) is 19.8 Å². The van der Waals surface area contributed by atoms with E-state index in [4.69, 9.17) is 0 Å². The first-order valence-corrected chi connectivity index (χ1v) is 6.84. The minimum absolute atomic E-state index is 0.122. The number of hydrogen-bond acceptors (Lipinski definition) is 4. The van der Waals surface area contributed by atoms with E-state index in [-0.39, 0.29) is 6.10 Å². The van der Waals surface area contributed by atoms with Crippen LogP contribution in [0.3, 0.4) is 0 Å². The molecular weight excluding hydrogens is 220 g/mol. The summed E-state index contributed by atoms with van der Waals surface area (Å²) in [5.41, 5.74) is 1.11. The average molecular weight is 240 g/mol. The number of aliphatic hydroxyl groups excluding tert-OH is 1. The molecule has 0 saturated heterocycles. The summed E-state index contributed by atoms with van der Waals surface area (Å²) in [7, 11) is 0. The molecule has 2 unspecified atom stereocenters. The van der Waals surface area contributed by atoms with E-state index in [0.717, 1.165) is 30.2 Å². The van der Waals surface area contributed by atoms with Gasteiger partial charge < -0.3 is 10.4 Å². The molecule has 1 fully saturated rings. The number of thiazole rings is 1. The highest BCUT2D eigenvalue weighted by atomic mass is 32.1. The second-order valence-corrected chi connectivity index (χ2v) is 5.86. The van der Waals surface area contributed by atoms with E-state index in [2.05, 4.69) is 17.2 Å². The summed E-state index contributed by atoms with van der Waals surface area (Å²) in [6, 6.07) is 0. The van der Waals surface area contributed by atoms with Crippen LogP contribution in [0.5, 0.6) is 0 Å². The van der Waals surface area contributed by atoms with E-state index in [1.807, 2.05) is 6.92 Å². The number of aliphatic hydroxyl groups is 1. The third-order valence-electron chi connectivity index (χ3n) is 3.41. The lowest BCUT2D eigenvalue weighted by atomic mass is 9.86. The summed E-state index contributed by atoms with van der Waals surface area (Å²) in [6.07, 6.45) is 4.40. The van der Waals surface area contributed by atoms with Gasteiger partial charge in [0.1, 0.15) is 0 Å². The molecule has 90 valence electrons. The van der Waals surface area contributed by atoms with E-state index >= 15 is 0 Å². The minimum Gasteiger partial charge on any atom is -0.393 e. The summed E-state index contributed by atoms with van der Waals surface area (Å²) in [5, 5.41) is 14.2. The minimum atomic E-state index is -0.122. The maximum atomic E-state index is 9.85. The number of rotatable bonds is 3. The Bertz CT molecular complexity index is 331. The molecule has 0 radical (unpaired) electrons. The molecule has 0 aromatic carbocycles. The van der Waals surface area contributed by atoms with Crippen molar-refractivity contribution in [3.05, 3.63) is 10.6 Å². The van der Waals surface area contributed by atoms with Gasteiger partial charge in [-0.3, -0.25) is 0 Å². The van der Waals surface area contributed by atoms with Crippen molar-refractivity contribution in [3.63, 3.8) is 0 Å². The van der Waals surface area contributed by atoms with Crippen LogP contribution in [0.15, 0.2) is 0 Å². The Kier molecular flexibility index (Phi) is 3.82. The fourth-order valence-corrected chi connectivity index (χ4v) is 3.01. The van der Waals surface area contributed by atoms with Gasteiger partial charge >= 0.3 is 0 Å². The van der Waals surface area contributed by atoms with Crippen molar-refractivity contribution < 1.29 is 5.11 Å². The molecule has 2 atom stereocenters. The number of nitrogens with one attached hydrogen (secondary N) is 1. The number of anilines is 1. The molecule has 0 amide bonds. The van der Waals surface area contributed by atoms with Gasteiger partial charge in [0.25, 0.3) is 0 Å². The summed E-state index contributed by atoms with van der Waals surface area (Å²) in [5.74, 6) is 0.401. The van der Waals surface area contributed by atoms with Crippen LogP contribution in [0.2, 0.25) is 0 Å². The zero-order chi connectivity index (χ0) is 11.5. The number of nitrogens with zero attached hydrogens (tertiary/aromatic N) is 1. The molecular formula is C12H20N2OS. The van der Waals surface area contributed by atoms with Crippen LogP contribution in [0.25, 0.3) is 0 Å². The van der Waals surface area contributed by atoms with Crippen molar-refractivity contribution in [2.75, 3.05) is 11.9 Å². The Hall–Kier alpha value is -0.610. The Morgan fingerprint density at radius 1 is 1.38 bits per heavy atom. The third-order valence-corrected chi connectivity index (χ3v) is 4.44. The number of aromatic nitrogens is 1. The summed E-state index contributed by atoms with van der Waals surface area (Å²) in [6.45, 7) is 4.98. The van der Waals surface area contributed by atoms with Crippen LogP contribution in [0.1, 0.15) is 36.3 Å². The maximum Gasteiger partial charge on any atom is 0.183 e. The standard InChI is InChI=1S/C12H20N2OS/c1-8-9(2)16-12(14-8)13-7-10-5-3-4-6-11(10)15/h10-11,15H,3-7H2,1-2H3,(H,13,14). The largest absolute Gasteiger partial charge is 0.393 e. The normalized spacial score (nSPS) is 25.7. The zero-order valence-corrected chi connectivity index (χ0v) is 10.8. The SMILES string of the molecule is Cc1nc(NCC2CCCCC2O)sc1C. The predicted octanol–water partition coefficient (Wildman–Crippen LogP) is 2.72. The van der Waals surface area contributed by atoms with Gasteiger partial charge in [-0.2, -0.15) is 0 Å². The maximum absolute atomic E-state index is 9.85. The second-order valence-electron chi connectivity index (χ2n) is 4.65. The van der Waals surface area contributed by atoms with E-state index in [1.165, 1.54) is 17.7 Å². The predicted molar refractivity (Wildman–Crippen MR) is 68.0 cm³/mol. The molecule has 0 aliphatic heterocycles. The Labute approximate surface area is 101 Å². The number of hydrogen-bond donors (Lipinski definition) is 2. The fourth-order valence-electron chi connectivity index (χ4n) is 2.19. The Morgan fingerprint density at radius 2 is 2.12 bits per heavy atom. The first kappa shape index (κ1) is 11.9. The van der Waals surface area contributed by atoms with Crippen LogP contribution in [-0.4, -0.2) is 22.7 Å². The lowest BCUT2D eigenvalue weighted by Crippen LogP contribution is -2.30. The lowest BCUT2D eigenvalue weighted by Gasteiger charge is -2.27. The van der Waals surface area contributed by atoms with Crippen molar-refractivity contribution in [2.24, 2.45) is 5.92 Å². The lowest BCUT2D eigenvalue weighted by molar-refractivity contribution is 0.0763. The first-order valence-electron chi connectivity index (χ1n) is 6.03. The Morgan fingerprint density at radius 3 is 2.75 bits per heavy atom. The van der Waals surface area contributed by atoms with Crippen molar-refractivity contribution >= 4 is 16.5 Å². The fraction of sp³-hybridized carbons (Fsp3) is 0.750. The van der Waals surface area contributed by atoms with E-state index in [0.29, 0.717) is 5.92 Å². The topological polar surface area (TPSA) is 45.2 Å². The van der Waals surface area contributed by atoms with Gasteiger partial charge in [0.15, 0.2) is 5.13 Å². The second kappa shape index (κ2) is 5.15. The molecule has 2 N–H and O–H groups in total. The number of aryl methyl sites for hydroxylation is 2. The molecule has 2 rings (SSSR count). The van der Waals surface area contributed by atoms with E-state index in [1.54, 1.807) is 11.3 Å². The van der Waals surface area contributed by atoms with Gasteiger partial charge in [-0.25, -0.2) is 4.98 Å². The van der Waals surface area contributed by atoms with E-state index in [9.17, 15) is 5.11 Å². The van der Waals surface area contributed by atoms with Crippen molar-refractivity contribution in [1.82, 2.24) is 4.98 Å². The van der Waals surface area contributed by atoms with Crippen LogP contribution in [0.4, 0.5) is 5.13 Å². The Balaban J connectivity index is 1.86. The molecule has 1 aromatic rings. The summed E-state index contributed by atoms with van der Waals surface area (Å²) < 4.78 is 0. The molecule has 0 bridgehead atoms. The monoisotopic (exact) mass is 240 g/mol. The molecule has 3 nitrogen and oxygen atoms in total. The van der Waals surface area contributed by atoms with Gasteiger partial charge in [-0.05, 0) is 26.7 Å². The first-order chi connectivity index (χ1) is 7.66. The molecule has 1 aliphatic carbocycles. The average Bonchev–Trinajstić information content (AvgIpc) is 2.57. The van der Waals surface area contributed by atoms with Crippen molar-refractivity contribution in [2.45, 2.75) is 45.6 Å². The van der Waals surface area contributed by atoms with Crippen molar-refractivity contribution in [1.29, 1.82) is 0 Å². The highest BCUT2D eigenvalue weighted by Gasteiger charge is 2.22. The molecule has 1 heterocycles. The van der Waals surface area contributed by atoms with Gasteiger partial charge in [0, 0.05) is 17.3 Å². The summed E-state index contributed by atoms with van der Waals surface area (Å²) >= 11 is 1.70.